The summed E-state index contributed by atoms with van der Waals surface area (Å²) in [6.07, 6.45) is 2.98. The highest BCUT2D eigenvalue weighted by molar-refractivity contribution is 5.94. The van der Waals surface area contributed by atoms with Gasteiger partial charge in [-0.2, -0.15) is 0 Å². The number of carbonyl (C=O) groups excluding carboxylic acids is 3. The number of ether oxygens (including phenoxy) is 3. The number of rotatable bonds is 6. The van der Waals surface area contributed by atoms with Crippen LogP contribution in [0, 0.1) is 11.3 Å². The van der Waals surface area contributed by atoms with Gasteiger partial charge in [0.05, 0.1) is 31.4 Å². The van der Waals surface area contributed by atoms with Gasteiger partial charge in [-0.25, -0.2) is 9.59 Å². The van der Waals surface area contributed by atoms with Gasteiger partial charge in [0.15, 0.2) is 0 Å². The predicted octanol–water partition coefficient (Wildman–Crippen LogP) is 6.13. The fourth-order valence-corrected chi connectivity index (χ4v) is 6.50. The number of nitrogens with one attached hydrogen (secondary N) is 2. The van der Waals surface area contributed by atoms with Gasteiger partial charge in [0.2, 0.25) is 0 Å². The Labute approximate surface area is 208 Å². The van der Waals surface area contributed by atoms with Gasteiger partial charge in [0.1, 0.15) is 0 Å². The van der Waals surface area contributed by atoms with Gasteiger partial charge < -0.3 is 14.2 Å². The summed E-state index contributed by atoms with van der Waals surface area (Å²) in [5.41, 5.74) is 3.29. The highest BCUT2D eigenvalue weighted by atomic mass is 16.6. The molecular weight excluding hydrogens is 448 g/mol. The third-order valence-electron chi connectivity index (χ3n) is 7.95. The van der Waals surface area contributed by atoms with Crippen LogP contribution in [0.25, 0.3) is 0 Å². The van der Waals surface area contributed by atoms with Crippen molar-refractivity contribution in [2.24, 2.45) is 11.3 Å². The highest BCUT2D eigenvalue weighted by Crippen LogP contribution is 2.59. The molecule has 1 unspecified atom stereocenters. The van der Waals surface area contributed by atoms with Gasteiger partial charge in [-0.05, 0) is 80.9 Å². The lowest BCUT2D eigenvalue weighted by Gasteiger charge is -2.54. The first-order chi connectivity index (χ1) is 16.5. The molecule has 0 heterocycles. The lowest BCUT2D eigenvalue weighted by atomic mass is 9.49. The molecule has 1 aromatic rings. The number of amides is 2. The van der Waals surface area contributed by atoms with Crippen molar-refractivity contribution in [1.82, 2.24) is 0 Å². The van der Waals surface area contributed by atoms with E-state index in [9.17, 15) is 14.4 Å². The minimum atomic E-state index is -0.598. The fourth-order valence-electron chi connectivity index (χ4n) is 6.50. The summed E-state index contributed by atoms with van der Waals surface area (Å²) in [4.78, 5) is 38.0. The summed E-state index contributed by atoms with van der Waals surface area (Å²) < 4.78 is 15.6. The van der Waals surface area contributed by atoms with E-state index in [0.717, 1.165) is 42.4 Å². The number of benzene rings is 1. The molecule has 2 aliphatic carbocycles. The molecule has 2 amide bonds. The Balaban J connectivity index is 2.24. The normalized spacial score (nSPS) is 25.2. The van der Waals surface area contributed by atoms with E-state index in [-0.39, 0.29) is 36.4 Å². The second-order valence-corrected chi connectivity index (χ2v) is 10.4. The molecular formula is C27H40N2O6. The first-order valence-electron chi connectivity index (χ1n) is 12.7. The number of anilines is 2. The minimum Gasteiger partial charge on any atom is -0.469 e. The summed E-state index contributed by atoms with van der Waals surface area (Å²) in [6, 6.07) is 2.03. The van der Waals surface area contributed by atoms with Crippen LogP contribution in [0.1, 0.15) is 89.8 Å². The molecule has 2 N–H and O–H groups in total. The van der Waals surface area contributed by atoms with Crippen molar-refractivity contribution < 1.29 is 28.6 Å². The molecule has 1 saturated carbocycles. The van der Waals surface area contributed by atoms with E-state index in [1.165, 1.54) is 7.11 Å². The number of hydrogen-bond acceptors (Lipinski definition) is 6. The number of esters is 1. The number of hydrogen-bond donors (Lipinski definition) is 2. The third-order valence-corrected chi connectivity index (χ3v) is 7.95. The van der Waals surface area contributed by atoms with Crippen molar-refractivity contribution in [3.05, 3.63) is 22.8 Å². The Hall–Kier alpha value is -2.77. The zero-order valence-corrected chi connectivity index (χ0v) is 22.1. The van der Waals surface area contributed by atoms with Crippen molar-refractivity contribution in [2.75, 3.05) is 31.0 Å². The van der Waals surface area contributed by atoms with E-state index in [1.54, 1.807) is 13.8 Å². The standard InChI is InChI=1S/C27H40N2O6/c1-8-34-24(31)28-19-15-18-17(22(21(19)16(3)4)29-25(32)35-9-2)11-12-20-26(18,5)13-10-14-27(20,6)23(30)33-7/h15-16,20H,8-14H2,1-7H3,(H,28,31)(H,29,32)/t20?,26-,27-/m1/s1. The zero-order chi connectivity index (χ0) is 26.0. The topological polar surface area (TPSA) is 103 Å². The van der Waals surface area contributed by atoms with Crippen molar-refractivity contribution in [3.63, 3.8) is 0 Å². The van der Waals surface area contributed by atoms with Gasteiger partial charge >= 0.3 is 18.2 Å². The van der Waals surface area contributed by atoms with Gasteiger partial charge in [0, 0.05) is 11.3 Å². The lowest BCUT2D eigenvalue weighted by Crippen LogP contribution is -2.52. The first kappa shape index (κ1) is 26.8. The zero-order valence-electron chi connectivity index (χ0n) is 22.1. The summed E-state index contributed by atoms with van der Waals surface area (Å²) >= 11 is 0. The monoisotopic (exact) mass is 488 g/mol. The molecule has 1 fully saturated rings. The van der Waals surface area contributed by atoms with Crippen molar-refractivity contribution in [2.45, 2.75) is 85.0 Å². The van der Waals surface area contributed by atoms with Gasteiger partial charge in [-0.15, -0.1) is 0 Å². The van der Waals surface area contributed by atoms with Crippen LogP contribution in [0.4, 0.5) is 21.0 Å². The molecule has 1 aromatic carbocycles. The highest BCUT2D eigenvalue weighted by Gasteiger charge is 2.56. The molecule has 0 aliphatic heterocycles. The van der Waals surface area contributed by atoms with Gasteiger partial charge in [-0.3, -0.25) is 15.4 Å². The Morgan fingerprint density at radius 3 is 2.26 bits per heavy atom. The van der Waals surface area contributed by atoms with Crippen LogP contribution in [0.2, 0.25) is 0 Å². The molecule has 35 heavy (non-hydrogen) atoms. The third kappa shape index (κ3) is 4.84. The quantitative estimate of drug-likeness (QED) is 0.369. The molecule has 2 aliphatic rings. The van der Waals surface area contributed by atoms with Crippen LogP contribution < -0.4 is 10.6 Å². The van der Waals surface area contributed by atoms with Crippen LogP contribution in [-0.4, -0.2) is 38.5 Å². The van der Waals surface area contributed by atoms with Gasteiger partial charge in [0.25, 0.3) is 0 Å². The van der Waals surface area contributed by atoms with E-state index in [1.807, 2.05) is 26.8 Å². The number of carbonyl (C=O) groups is 3. The van der Waals surface area contributed by atoms with Crippen LogP contribution in [0.5, 0.6) is 0 Å². The molecule has 3 atom stereocenters. The molecule has 0 saturated heterocycles. The fraction of sp³-hybridized carbons (Fsp3) is 0.667. The molecule has 0 aromatic heterocycles. The van der Waals surface area contributed by atoms with Crippen LogP contribution in [-0.2, 0) is 30.8 Å². The second-order valence-electron chi connectivity index (χ2n) is 10.4. The number of fused-ring (bicyclic) bond motifs is 3. The summed E-state index contributed by atoms with van der Waals surface area (Å²) in [5, 5.41) is 5.90. The molecule has 3 rings (SSSR count). The smallest absolute Gasteiger partial charge is 0.411 e. The average Bonchev–Trinajstić information content (AvgIpc) is 2.78. The molecule has 8 heteroatoms. The van der Waals surface area contributed by atoms with E-state index in [0.29, 0.717) is 17.8 Å². The van der Waals surface area contributed by atoms with E-state index >= 15 is 0 Å². The molecule has 0 bridgehead atoms. The number of methoxy groups -OCH3 is 1. The molecule has 8 nitrogen and oxygen atoms in total. The van der Waals surface area contributed by atoms with E-state index in [2.05, 4.69) is 17.6 Å². The van der Waals surface area contributed by atoms with Crippen molar-refractivity contribution >= 4 is 29.5 Å². The minimum absolute atomic E-state index is 0.00590. The van der Waals surface area contributed by atoms with Crippen LogP contribution in [0.15, 0.2) is 6.07 Å². The Kier molecular flexibility index (Phi) is 8.02. The summed E-state index contributed by atoms with van der Waals surface area (Å²) in [6.45, 7) is 12.3. The largest absolute Gasteiger partial charge is 0.469 e. The Morgan fingerprint density at radius 2 is 1.69 bits per heavy atom. The van der Waals surface area contributed by atoms with Crippen LogP contribution in [0.3, 0.4) is 0 Å². The van der Waals surface area contributed by atoms with E-state index < -0.39 is 17.6 Å². The average molecular weight is 489 g/mol. The SMILES string of the molecule is CCOC(=O)Nc1cc2c(c(NC(=O)OCC)c1C(C)C)CCC1[C@](C)(C(=O)OC)CCC[C@]21C. The summed E-state index contributed by atoms with van der Waals surface area (Å²) in [7, 11) is 1.45. The Bertz CT molecular complexity index is 990. The summed E-state index contributed by atoms with van der Waals surface area (Å²) in [5.74, 6) is -0.101. The van der Waals surface area contributed by atoms with Crippen LogP contribution >= 0.6 is 0 Å². The molecule has 0 radical (unpaired) electrons. The maximum absolute atomic E-state index is 12.9. The first-order valence-corrected chi connectivity index (χ1v) is 12.7. The Morgan fingerprint density at radius 1 is 1.06 bits per heavy atom. The van der Waals surface area contributed by atoms with Gasteiger partial charge in [-0.1, -0.05) is 27.2 Å². The molecule has 0 spiro atoms. The predicted molar refractivity (Wildman–Crippen MR) is 135 cm³/mol. The molecule has 194 valence electrons. The maximum Gasteiger partial charge on any atom is 0.411 e. The van der Waals surface area contributed by atoms with Crippen molar-refractivity contribution in [1.29, 1.82) is 0 Å². The van der Waals surface area contributed by atoms with E-state index in [4.69, 9.17) is 14.2 Å². The second kappa shape index (κ2) is 10.5. The maximum atomic E-state index is 12.9. The van der Waals surface area contributed by atoms with Crippen molar-refractivity contribution in [3.8, 4) is 0 Å². The lowest BCUT2D eigenvalue weighted by molar-refractivity contribution is -0.161.